The summed E-state index contributed by atoms with van der Waals surface area (Å²) in [6.07, 6.45) is 2.33. The highest BCUT2D eigenvalue weighted by molar-refractivity contribution is 5.85. The molecule has 0 aliphatic heterocycles. The number of aromatic nitrogens is 1. The Morgan fingerprint density at radius 3 is 2.68 bits per heavy atom. The lowest BCUT2D eigenvalue weighted by Crippen LogP contribution is -2.26. The first-order chi connectivity index (χ1) is 9.15. The summed E-state index contributed by atoms with van der Waals surface area (Å²) in [5.74, 6) is 0. The van der Waals surface area contributed by atoms with Gasteiger partial charge in [0.15, 0.2) is 0 Å². The molecule has 0 atom stereocenters. The molecule has 2 N–H and O–H groups in total. The van der Waals surface area contributed by atoms with Crippen LogP contribution >= 0.6 is 0 Å². The number of hydrogen-bond acceptors (Lipinski definition) is 2. The Morgan fingerprint density at radius 2 is 1.95 bits per heavy atom. The van der Waals surface area contributed by atoms with Gasteiger partial charge >= 0.3 is 0 Å². The van der Waals surface area contributed by atoms with E-state index in [0.29, 0.717) is 0 Å². The predicted molar refractivity (Wildman–Crippen MR) is 82.5 cm³/mol. The van der Waals surface area contributed by atoms with Crippen LogP contribution in [0.4, 0.5) is 0 Å². The molecule has 0 unspecified atom stereocenters. The zero-order chi connectivity index (χ0) is 13.8. The molecular weight excluding hydrogens is 234 g/mol. The molecule has 2 rings (SSSR count). The summed E-state index contributed by atoms with van der Waals surface area (Å²) in [6.45, 7) is 5.05. The summed E-state index contributed by atoms with van der Waals surface area (Å²) < 4.78 is 2.30. The van der Waals surface area contributed by atoms with E-state index in [4.69, 9.17) is 5.73 Å². The smallest absolute Gasteiger partial charge is 0.0482 e. The highest BCUT2D eigenvalue weighted by atomic mass is 15.1. The highest BCUT2D eigenvalue weighted by Crippen LogP contribution is 2.25. The van der Waals surface area contributed by atoms with Gasteiger partial charge in [0.25, 0.3) is 0 Å². The molecule has 0 aliphatic carbocycles. The largest absolute Gasteiger partial charge is 0.348 e. The fraction of sp³-hybridized carbons (Fsp3) is 0.500. The van der Waals surface area contributed by atoms with Gasteiger partial charge in [-0.05, 0) is 45.0 Å². The first-order valence-corrected chi connectivity index (χ1v) is 7.06. The lowest BCUT2D eigenvalue weighted by molar-refractivity contribution is 0.338. The number of aryl methyl sites for hydroxylation is 2. The van der Waals surface area contributed by atoms with Gasteiger partial charge in [0, 0.05) is 36.7 Å². The van der Waals surface area contributed by atoms with Crippen LogP contribution in [0.15, 0.2) is 24.3 Å². The lowest BCUT2D eigenvalue weighted by Gasteiger charge is -2.14. The molecule has 0 amide bonds. The summed E-state index contributed by atoms with van der Waals surface area (Å²) in [6, 6.07) is 8.68. The van der Waals surface area contributed by atoms with E-state index in [1.807, 2.05) is 0 Å². The van der Waals surface area contributed by atoms with Crippen LogP contribution in [-0.4, -0.2) is 36.1 Å². The number of rotatable bonds is 6. The summed E-state index contributed by atoms with van der Waals surface area (Å²) in [5.41, 5.74) is 9.80. The average Bonchev–Trinajstić information content (AvgIpc) is 2.65. The second-order valence-electron chi connectivity index (χ2n) is 5.34. The van der Waals surface area contributed by atoms with Crippen molar-refractivity contribution in [1.82, 2.24) is 9.47 Å². The zero-order valence-corrected chi connectivity index (χ0v) is 12.3. The van der Waals surface area contributed by atoms with Gasteiger partial charge < -0.3 is 15.2 Å². The molecule has 0 bridgehead atoms. The van der Waals surface area contributed by atoms with Gasteiger partial charge in [0.2, 0.25) is 0 Å². The quantitative estimate of drug-likeness (QED) is 0.864. The van der Waals surface area contributed by atoms with Crippen LogP contribution in [0.2, 0.25) is 0 Å². The molecule has 0 fully saturated rings. The maximum atomic E-state index is 5.57. The Bertz CT molecular complexity index is 542. The van der Waals surface area contributed by atoms with Crippen molar-refractivity contribution >= 4 is 10.9 Å². The molecule has 1 aromatic carbocycles. The number of benzene rings is 1. The molecule has 0 radical (unpaired) electrons. The Kier molecular flexibility index (Phi) is 4.61. The average molecular weight is 259 g/mol. The van der Waals surface area contributed by atoms with Crippen molar-refractivity contribution in [2.75, 3.05) is 26.7 Å². The number of nitrogens with zero attached hydrogens (tertiary/aromatic N) is 2. The molecule has 0 saturated carbocycles. The van der Waals surface area contributed by atoms with Gasteiger partial charge in [-0.2, -0.15) is 0 Å². The number of fused-ring (bicyclic) bond motifs is 1. The third-order valence-corrected chi connectivity index (χ3v) is 4.01. The van der Waals surface area contributed by atoms with E-state index < -0.39 is 0 Å². The van der Waals surface area contributed by atoms with Crippen molar-refractivity contribution in [2.24, 2.45) is 12.8 Å². The zero-order valence-electron chi connectivity index (χ0n) is 12.3. The molecule has 0 saturated heterocycles. The molecule has 1 aromatic heterocycles. The highest BCUT2D eigenvalue weighted by Gasteiger charge is 2.10. The fourth-order valence-corrected chi connectivity index (χ4v) is 2.77. The third kappa shape index (κ3) is 2.99. The molecule has 0 aliphatic rings. The lowest BCUT2D eigenvalue weighted by atomic mass is 10.1. The van der Waals surface area contributed by atoms with Crippen molar-refractivity contribution in [3.8, 4) is 0 Å². The third-order valence-electron chi connectivity index (χ3n) is 4.01. The van der Waals surface area contributed by atoms with Crippen LogP contribution in [0.25, 0.3) is 10.9 Å². The van der Waals surface area contributed by atoms with Crippen LogP contribution in [0.3, 0.4) is 0 Å². The normalized spacial score (nSPS) is 11.6. The Balaban J connectivity index is 2.10. The van der Waals surface area contributed by atoms with Gasteiger partial charge in [0.05, 0.1) is 0 Å². The van der Waals surface area contributed by atoms with Crippen molar-refractivity contribution < 1.29 is 0 Å². The summed E-state index contributed by atoms with van der Waals surface area (Å²) in [4.78, 5) is 2.31. The first kappa shape index (κ1) is 14.1. The van der Waals surface area contributed by atoms with E-state index in [1.54, 1.807) is 0 Å². The predicted octanol–water partition coefficient (Wildman–Crippen LogP) is 2.31. The van der Waals surface area contributed by atoms with Crippen LogP contribution in [0, 0.1) is 6.92 Å². The van der Waals surface area contributed by atoms with Crippen LogP contribution in [0.1, 0.15) is 17.7 Å². The molecule has 2 aromatic rings. The van der Waals surface area contributed by atoms with E-state index >= 15 is 0 Å². The van der Waals surface area contributed by atoms with E-state index in [-0.39, 0.29) is 0 Å². The molecule has 104 valence electrons. The Morgan fingerprint density at radius 1 is 1.21 bits per heavy atom. The van der Waals surface area contributed by atoms with Crippen LogP contribution < -0.4 is 5.73 Å². The van der Waals surface area contributed by atoms with E-state index in [0.717, 1.165) is 26.1 Å². The van der Waals surface area contributed by atoms with Crippen LogP contribution in [0.5, 0.6) is 0 Å². The van der Waals surface area contributed by atoms with Crippen molar-refractivity contribution in [2.45, 2.75) is 19.8 Å². The molecule has 19 heavy (non-hydrogen) atoms. The van der Waals surface area contributed by atoms with Crippen molar-refractivity contribution in [3.05, 3.63) is 35.5 Å². The van der Waals surface area contributed by atoms with E-state index in [9.17, 15) is 0 Å². The monoisotopic (exact) mass is 259 g/mol. The molecule has 1 heterocycles. The first-order valence-electron chi connectivity index (χ1n) is 7.06. The van der Waals surface area contributed by atoms with Gasteiger partial charge in [-0.1, -0.05) is 18.2 Å². The minimum atomic E-state index is 0.740. The second-order valence-corrected chi connectivity index (χ2v) is 5.34. The maximum absolute atomic E-state index is 5.57. The summed E-state index contributed by atoms with van der Waals surface area (Å²) in [7, 11) is 4.30. The summed E-state index contributed by atoms with van der Waals surface area (Å²) in [5, 5.41) is 1.41. The van der Waals surface area contributed by atoms with E-state index in [2.05, 4.69) is 54.8 Å². The minimum absolute atomic E-state index is 0.740. The summed E-state index contributed by atoms with van der Waals surface area (Å²) >= 11 is 0. The molecule has 3 heteroatoms. The SMILES string of the molecule is Cc1c(CCCN(C)CCN)c2ccccc2n1C. The second kappa shape index (κ2) is 6.22. The number of likely N-dealkylation sites (N-methyl/N-ethyl adjacent to an activating group) is 1. The van der Waals surface area contributed by atoms with Crippen LogP contribution in [-0.2, 0) is 13.5 Å². The maximum Gasteiger partial charge on any atom is 0.0482 e. The van der Waals surface area contributed by atoms with Gasteiger partial charge in [0.1, 0.15) is 0 Å². The molecule has 3 nitrogen and oxygen atoms in total. The number of hydrogen-bond donors (Lipinski definition) is 1. The number of nitrogens with two attached hydrogens (primary N) is 1. The molecule has 0 spiro atoms. The number of para-hydroxylation sites is 1. The fourth-order valence-electron chi connectivity index (χ4n) is 2.77. The van der Waals surface area contributed by atoms with Gasteiger partial charge in [-0.25, -0.2) is 0 Å². The van der Waals surface area contributed by atoms with Crippen molar-refractivity contribution in [3.63, 3.8) is 0 Å². The van der Waals surface area contributed by atoms with E-state index in [1.165, 1.54) is 28.6 Å². The standard InChI is InChI=1S/C16H25N3/c1-13-14(8-6-11-18(2)12-10-17)15-7-4-5-9-16(15)19(13)3/h4-5,7,9H,6,8,10-12,17H2,1-3H3. The topological polar surface area (TPSA) is 34.2 Å². The van der Waals surface area contributed by atoms with Gasteiger partial charge in [-0.15, -0.1) is 0 Å². The van der Waals surface area contributed by atoms with Gasteiger partial charge in [-0.3, -0.25) is 0 Å². The Labute approximate surface area is 116 Å². The minimum Gasteiger partial charge on any atom is -0.348 e. The molecular formula is C16H25N3. The Hall–Kier alpha value is -1.32. The van der Waals surface area contributed by atoms with Crippen molar-refractivity contribution in [1.29, 1.82) is 0 Å².